The summed E-state index contributed by atoms with van der Waals surface area (Å²) in [6.45, 7) is 1.00. The molecule has 0 aliphatic carbocycles. The fourth-order valence-electron chi connectivity index (χ4n) is 1.12. The summed E-state index contributed by atoms with van der Waals surface area (Å²) in [5.74, 6) is -0.321. The average molecular weight is 193 g/mol. The van der Waals surface area contributed by atoms with Crippen LogP contribution in [0.25, 0.3) is 0 Å². The standard InChI is InChI=1S/C10H11NO3/c11-8-3-1-7(2-4-8)10(12)14-9-5-13-6-9/h1-4,9H,5-6,11H2. The molecule has 0 saturated carbocycles. The molecule has 2 rings (SSSR count). The summed E-state index contributed by atoms with van der Waals surface area (Å²) in [5, 5.41) is 0. The van der Waals surface area contributed by atoms with Gasteiger partial charge in [-0.15, -0.1) is 0 Å². The van der Waals surface area contributed by atoms with Gasteiger partial charge in [0.15, 0.2) is 0 Å². The van der Waals surface area contributed by atoms with E-state index in [1.165, 1.54) is 0 Å². The summed E-state index contributed by atoms with van der Waals surface area (Å²) in [4.78, 5) is 11.4. The smallest absolute Gasteiger partial charge is 0.338 e. The van der Waals surface area contributed by atoms with Gasteiger partial charge in [-0.25, -0.2) is 4.79 Å². The predicted octanol–water partition coefficient (Wildman–Crippen LogP) is 0.824. The lowest BCUT2D eigenvalue weighted by atomic mass is 10.2. The number of anilines is 1. The van der Waals surface area contributed by atoms with E-state index in [1.54, 1.807) is 24.3 Å². The largest absolute Gasteiger partial charge is 0.454 e. The Labute approximate surface area is 81.6 Å². The highest BCUT2D eigenvalue weighted by atomic mass is 16.6. The first-order chi connectivity index (χ1) is 6.75. The first-order valence-corrected chi connectivity index (χ1v) is 4.40. The molecule has 1 aliphatic rings. The van der Waals surface area contributed by atoms with Crippen molar-refractivity contribution in [1.29, 1.82) is 0 Å². The molecular weight excluding hydrogens is 182 g/mol. The number of nitrogen functional groups attached to an aromatic ring is 1. The van der Waals surface area contributed by atoms with Crippen LogP contribution in [0.5, 0.6) is 0 Å². The summed E-state index contributed by atoms with van der Waals surface area (Å²) < 4.78 is 10.0. The monoisotopic (exact) mass is 193 g/mol. The summed E-state index contributed by atoms with van der Waals surface area (Å²) in [6, 6.07) is 6.65. The van der Waals surface area contributed by atoms with Gasteiger partial charge in [-0.2, -0.15) is 0 Å². The second kappa shape index (κ2) is 3.67. The van der Waals surface area contributed by atoms with E-state index in [0.29, 0.717) is 24.5 Å². The van der Waals surface area contributed by atoms with Crippen molar-refractivity contribution in [2.24, 2.45) is 0 Å². The van der Waals surface area contributed by atoms with Crippen molar-refractivity contribution >= 4 is 11.7 Å². The van der Waals surface area contributed by atoms with Gasteiger partial charge in [0.1, 0.15) is 6.10 Å². The average Bonchev–Trinajstić information content (AvgIpc) is 2.12. The number of hydrogen-bond donors (Lipinski definition) is 1. The molecule has 14 heavy (non-hydrogen) atoms. The number of carbonyl (C=O) groups excluding carboxylic acids is 1. The van der Waals surface area contributed by atoms with Crippen molar-refractivity contribution in [2.45, 2.75) is 6.10 Å². The molecule has 0 atom stereocenters. The fourth-order valence-corrected chi connectivity index (χ4v) is 1.12. The van der Waals surface area contributed by atoms with Gasteiger partial charge < -0.3 is 15.2 Å². The number of rotatable bonds is 2. The van der Waals surface area contributed by atoms with Crippen molar-refractivity contribution in [3.63, 3.8) is 0 Å². The Balaban J connectivity index is 1.99. The second-order valence-corrected chi connectivity index (χ2v) is 3.19. The molecule has 0 aromatic heterocycles. The van der Waals surface area contributed by atoms with E-state index < -0.39 is 0 Å². The van der Waals surface area contributed by atoms with Crippen LogP contribution in [0.1, 0.15) is 10.4 Å². The molecule has 1 fully saturated rings. The fraction of sp³-hybridized carbons (Fsp3) is 0.300. The lowest BCUT2D eigenvalue weighted by Crippen LogP contribution is -2.37. The molecule has 1 heterocycles. The Bertz CT molecular complexity index is 330. The van der Waals surface area contributed by atoms with Gasteiger partial charge in [0.2, 0.25) is 0 Å². The molecule has 1 aromatic carbocycles. The van der Waals surface area contributed by atoms with Crippen molar-refractivity contribution < 1.29 is 14.3 Å². The summed E-state index contributed by atoms with van der Waals surface area (Å²) >= 11 is 0. The molecule has 2 N–H and O–H groups in total. The first kappa shape index (κ1) is 9.02. The van der Waals surface area contributed by atoms with Crippen molar-refractivity contribution in [1.82, 2.24) is 0 Å². The van der Waals surface area contributed by atoms with Crippen LogP contribution < -0.4 is 5.73 Å². The number of hydrogen-bond acceptors (Lipinski definition) is 4. The minimum atomic E-state index is -0.321. The van der Waals surface area contributed by atoms with Crippen LogP contribution in [0.2, 0.25) is 0 Å². The third kappa shape index (κ3) is 1.85. The third-order valence-electron chi connectivity index (χ3n) is 2.03. The zero-order chi connectivity index (χ0) is 9.97. The van der Waals surface area contributed by atoms with Crippen molar-refractivity contribution in [2.75, 3.05) is 18.9 Å². The van der Waals surface area contributed by atoms with Crippen LogP contribution in [0, 0.1) is 0 Å². The summed E-state index contributed by atoms with van der Waals surface area (Å²) in [7, 11) is 0. The van der Waals surface area contributed by atoms with Gasteiger partial charge in [-0.05, 0) is 24.3 Å². The Morgan fingerprint density at radius 2 is 2.00 bits per heavy atom. The van der Waals surface area contributed by atoms with Crippen LogP contribution in [0.4, 0.5) is 5.69 Å². The van der Waals surface area contributed by atoms with Crippen LogP contribution in [-0.2, 0) is 9.47 Å². The van der Waals surface area contributed by atoms with Crippen molar-refractivity contribution in [3.8, 4) is 0 Å². The highest BCUT2D eigenvalue weighted by Crippen LogP contribution is 2.11. The lowest BCUT2D eigenvalue weighted by Gasteiger charge is -2.25. The molecule has 1 aromatic rings. The quantitative estimate of drug-likeness (QED) is 0.558. The molecule has 4 nitrogen and oxygen atoms in total. The van der Waals surface area contributed by atoms with Gasteiger partial charge in [-0.3, -0.25) is 0 Å². The number of benzene rings is 1. The number of esters is 1. The van der Waals surface area contributed by atoms with Crippen LogP contribution in [0.15, 0.2) is 24.3 Å². The molecule has 0 spiro atoms. The molecule has 0 unspecified atom stereocenters. The molecule has 1 saturated heterocycles. The van der Waals surface area contributed by atoms with E-state index in [-0.39, 0.29) is 12.1 Å². The van der Waals surface area contributed by atoms with E-state index in [1.807, 2.05) is 0 Å². The molecule has 1 aliphatic heterocycles. The van der Waals surface area contributed by atoms with Crippen LogP contribution in [-0.4, -0.2) is 25.3 Å². The Kier molecular flexibility index (Phi) is 2.37. The number of nitrogens with two attached hydrogens (primary N) is 1. The minimum Gasteiger partial charge on any atom is -0.454 e. The zero-order valence-electron chi connectivity index (χ0n) is 7.60. The SMILES string of the molecule is Nc1ccc(C(=O)OC2COC2)cc1. The zero-order valence-corrected chi connectivity index (χ0v) is 7.60. The lowest BCUT2D eigenvalue weighted by molar-refractivity contribution is -0.103. The van der Waals surface area contributed by atoms with E-state index in [4.69, 9.17) is 15.2 Å². The summed E-state index contributed by atoms with van der Waals surface area (Å²) in [5.41, 5.74) is 6.65. The van der Waals surface area contributed by atoms with Crippen LogP contribution >= 0.6 is 0 Å². The molecule has 4 heteroatoms. The maximum absolute atomic E-state index is 11.4. The minimum absolute atomic E-state index is 0.0833. The summed E-state index contributed by atoms with van der Waals surface area (Å²) in [6.07, 6.45) is -0.0833. The Hall–Kier alpha value is -1.55. The maximum Gasteiger partial charge on any atom is 0.338 e. The van der Waals surface area contributed by atoms with Gasteiger partial charge in [-0.1, -0.05) is 0 Å². The van der Waals surface area contributed by atoms with E-state index in [0.717, 1.165) is 0 Å². The Morgan fingerprint density at radius 3 is 2.50 bits per heavy atom. The Morgan fingerprint density at radius 1 is 1.36 bits per heavy atom. The predicted molar refractivity (Wildman–Crippen MR) is 50.9 cm³/mol. The van der Waals surface area contributed by atoms with E-state index in [9.17, 15) is 4.79 Å². The van der Waals surface area contributed by atoms with Crippen molar-refractivity contribution in [3.05, 3.63) is 29.8 Å². The normalized spacial score (nSPS) is 16.0. The van der Waals surface area contributed by atoms with Gasteiger partial charge in [0.05, 0.1) is 18.8 Å². The maximum atomic E-state index is 11.4. The highest BCUT2D eigenvalue weighted by Gasteiger charge is 2.23. The molecule has 0 bridgehead atoms. The molecule has 74 valence electrons. The molecule has 0 amide bonds. The molecular formula is C10H11NO3. The van der Waals surface area contributed by atoms with Crippen LogP contribution in [0.3, 0.4) is 0 Å². The van der Waals surface area contributed by atoms with Gasteiger partial charge in [0, 0.05) is 5.69 Å². The second-order valence-electron chi connectivity index (χ2n) is 3.19. The third-order valence-corrected chi connectivity index (χ3v) is 2.03. The number of carbonyl (C=O) groups is 1. The topological polar surface area (TPSA) is 61.6 Å². The van der Waals surface area contributed by atoms with Gasteiger partial charge in [0.25, 0.3) is 0 Å². The highest BCUT2D eigenvalue weighted by molar-refractivity contribution is 5.89. The number of ether oxygens (including phenoxy) is 2. The van der Waals surface area contributed by atoms with Gasteiger partial charge >= 0.3 is 5.97 Å². The van der Waals surface area contributed by atoms with E-state index in [2.05, 4.69) is 0 Å². The first-order valence-electron chi connectivity index (χ1n) is 4.40. The van der Waals surface area contributed by atoms with E-state index >= 15 is 0 Å². The molecule has 0 radical (unpaired) electrons.